The van der Waals surface area contributed by atoms with Crippen LogP contribution in [0, 0.1) is 18.8 Å². The molecule has 2 rings (SSSR count). The van der Waals surface area contributed by atoms with Gasteiger partial charge in [0.1, 0.15) is 0 Å². The van der Waals surface area contributed by atoms with Gasteiger partial charge in [-0.3, -0.25) is 4.99 Å². The molecular weight excluding hydrogens is 369 g/mol. The zero-order chi connectivity index (χ0) is 13.8. The first-order chi connectivity index (χ1) is 9.08. The average Bonchev–Trinajstić information content (AvgIpc) is 2.75. The highest BCUT2D eigenvalue weighted by molar-refractivity contribution is 14.0. The third-order valence-electron chi connectivity index (χ3n) is 3.35. The number of hydrogen-bond acceptors (Lipinski definition) is 4. The molecular formula is C13H24IN5O. The molecule has 0 saturated carbocycles. The van der Waals surface area contributed by atoms with E-state index in [0.717, 1.165) is 19.0 Å². The largest absolute Gasteiger partial charge is 0.347 e. The number of guanidine groups is 1. The summed E-state index contributed by atoms with van der Waals surface area (Å²) in [6, 6.07) is 0. The number of aliphatic imine (C=N–C) groups is 1. The van der Waals surface area contributed by atoms with Crippen LogP contribution in [0.2, 0.25) is 0 Å². The second kappa shape index (κ2) is 7.80. The fourth-order valence-electron chi connectivity index (χ4n) is 2.73. The van der Waals surface area contributed by atoms with Crippen LogP contribution in [0.1, 0.15) is 32.0 Å². The van der Waals surface area contributed by atoms with Crippen molar-refractivity contribution < 1.29 is 4.52 Å². The summed E-state index contributed by atoms with van der Waals surface area (Å²) >= 11 is 0. The molecule has 6 nitrogen and oxygen atoms in total. The zero-order valence-corrected chi connectivity index (χ0v) is 14.9. The molecule has 1 aromatic heterocycles. The van der Waals surface area contributed by atoms with Crippen LogP contribution < -0.4 is 5.32 Å². The van der Waals surface area contributed by atoms with Crippen molar-refractivity contribution in [3.8, 4) is 0 Å². The smallest absolute Gasteiger partial charge is 0.246 e. The first-order valence-electron chi connectivity index (χ1n) is 6.83. The van der Waals surface area contributed by atoms with Crippen molar-refractivity contribution in [1.82, 2.24) is 20.4 Å². The van der Waals surface area contributed by atoms with Crippen LogP contribution in [0.5, 0.6) is 0 Å². The highest BCUT2D eigenvalue weighted by atomic mass is 127. The molecule has 20 heavy (non-hydrogen) atoms. The van der Waals surface area contributed by atoms with E-state index in [2.05, 4.69) is 39.2 Å². The second-order valence-electron chi connectivity index (χ2n) is 5.49. The van der Waals surface area contributed by atoms with Crippen LogP contribution in [0.4, 0.5) is 0 Å². The molecule has 0 aromatic carbocycles. The molecule has 1 saturated heterocycles. The van der Waals surface area contributed by atoms with E-state index in [4.69, 9.17) is 4.52 Å². The van der Waals surface area contributed by atoms with E-state index in [0.29, 0.717) is 30.1 Å². The lowest BCUT2D eigenvalue weighted by Crippen LogP contribution is -2.48. The molecule has 1 aliphatic rings. The predicted molar refractivity (Wildman–Crippen MR) is 89.2 cm³/mol. The normalized spacial score (nSPS) is 23.4. The molecule has 2 atom stereocenters. The lowest BCUT2D eigenvalue weighted by Gasteiger charge is -2.36. The Kier molecular flexibility index (Phi) is 6.70. The molecule has 2 unspecified atom stereocenters. The minimum Gasteiger partial charge on any atom is -0.347 e. The Morgan fingerprint density at radius 1 is 1.40 bits per heavy atom. The Labute approximate surface area is 137 Å². The van der Waals surface area contributed by atoms with Crippen molar-refractivity contribution in [2.75, 3.05) is 20.1 Å². The van der Waals surface area contributed by atoms with Crippen LogP contribution in [-0.2, 0) is 6.54 Å². The molecule has 114 valence electrons. The van der Waals surface area contributed by atoms with E-state index in [1.165, 1.54) is 6.42 Å². The third kappa shape index (κ3) is 4.60. The highest BCUT2D eigenvalue weighted by Gasteiger charge is 2.24. The predicted octanol–water partition coefficient (Wildman–Crippen LogP) is 2.05. The number of aryl methyl sites for hydroxylation is 1. The van der Waals surface area contributed by atoms with E-state index < -0.39 is 0 Å². The van der Waals surface area contributed by atoms with Gasteiger partial charge < -0.3 is 14.7 Å². The van der Waals surface area contributed by atoms with Gasteiger partial charge in [-0.05, 0) is 25.2 Å². The van der Waals surface area contributed by atoms with Crippen molar-refractivity contribution in [3.63, 3.8) is 0 Å². The summed E-state index contributed by atoms with van der Waals surface area (Å²) in [6.07, 6.45) is 1.29. The van der Waals surface area contributed by atoms with Crippen molar-refractivity contribution in [2.24, 2.45) is 16.8 Å². The number of rotatable bonds is 2. The summed E-state index contributed by atoms with van der Waals surface area (Å²) in [7, 11) is 1.81. The Hall–Kier alpha value is -0.860. The number of likely N-dealkylation sites (tertiary alicyclic amines) is 1. The lowest BCUT2D eigenvalue weighted by molar-refractivity contribution is 0.208. The maximum atomic E-state index is 5.09. The average molecular weight is 393 g/mol. The minimum atomic E-state index is 0. The van der Waals surface area contributed by atoms with Gasteiger partial charge in [0, 0.05) is 20.1 Å². The Morgan fingerprint density at radius 2 is 2.05 bits per heavy atom. The molecule has 1 fully saturated rings. The summed E-state index contributed by atoms with van der Waals surface area (Å²) < 4.78 is 5.09. The van der Waals surface area contributed by atoms with Gasteiger partial charge >= 0.3 is 0 Å². The van der Waals surface area contributed by atoms with Crippen LogP contribution in [0.15, 0.2) is 9.52 Å². The molecule has 0 aliphatic carbocycles. The number of nitrogens with one attached hydrogen (secondary N) is 1. The summed E-state index contributed by atoms with van der Waals surface area (Å²) in [4.78, 5) is 10.8. The molecule has 0 amide bonds. The quantitative estimate of drug-likeness (QED) is 0.473. The van der Waals surface area contributed by atoms with E-state index in [1.807, 2.05) is 14.0 Å². The van der Waals surface area contributed by atoms with Crippen LogP contribution >= 0.6 is 24.0 Å². The van der Waals surface area contributed by atoms with Crippen molar-refractivity contribution in [1.29, 1.82) is 0 Å². The Balaban J connectivity index is 0.00000200. The molecule has 7 heteroatoms. The molecule has 1 N–H and O–H groups in total. The first kappa shape index (κ1) is 17.2. The summed E-state index contributed by atoms with van der Waals surface area (Å²) in [5.41, 5.74) is 0. The standard InChI is InChI=1S/C13H23N5O.HI/c1-9-5-10(2)8-18(7-9)13(14-4)15-6-12-16-11(3)17-19-12;/h9-10H,5-8H2,1-4H3,(H,14,15);1H. The maximum Gasteiger partial charge on any atom is 0.246 e. The van der Waals surface area contributed by atoms with Gasteiger partial charge in [0.15, 0.2) is 11.8 Å². The van der Waals surface area contributed by atoms with E-state index in [-0.39, 0.29) is 24.0 Å². The molecule has 0 spiro atoms. The molecule has 1 aliphatic heterocycles. The SMILES string of the molecule is CN=C(NCc1nc(C)no1)N1CC(C)CC(C)C1.I. The topological polar surface area (TPSA) is 66.5 Å². The lowest BCUT2D eigenvalue weighted by atomic mass is 9.92. The fraction of sp³-hybridized carbons (Fsp3) is 0.769. The third-order valence-corrected chi connectivity index (χ3v) is 3.35. The number of halogens is 1. The number of aromatic nitrogens is 2. The zero-order valence-electron chi connectivity index (χ0n) is 12.6. The van der Waals surface area contributed by atoms with E-state index in [1.54, 1.807) is 0 Å². The van der Waals surface area contributed by atoms with Crippen LogP contribution in [0.3, 0.4) is 0 Å². The van der Waals surface area contributed by atoms with Gasteiger partial charge in [0.25, 0.3) is 0 Å². The van der Waals surface area contributed by atoms with E-state index >= 15 is 0 Å². The number of nitrogens with zero attached hydrogens (tertiary/aromatic N) is 4. The molecule has 0 bridgehead atoms. The summed E-state index contributed by atoms with van der Waals surface area (Å²) in [5, 5.41) is 7.07. The van der Waals surface area contributed by atoms with Gasteiger partial charge in [0.2, 0.25) is 5.89 Å². The molecule has 1 aromatic rings. The Morgan fingerprint density at radius 3 is 2.55 bits per heavy atom. The monoisotopic (exact) mass is 393 g/mol. The van der Waals surface area contributed by atoms with Gasteiger partial charge in [-0.1, -0.05) is 19.0 Å². The first-order valence-corrected chi connectivity index (χ1v) is 6.83. The van der Waals surface area contributed by atoms with Crippen molar-refractivity contribution in [3.05, 3.63) is 11.7 Å². The fourth-order valence-corrected chi connectivity index (χ4v) is 2.73. The van der Waals surface area contributed by atoms with Gasteiger partial charge in [-0.25, -0.2) is 0 Å². The van der Waals surface area contributed by atoms with E-state index in [9.17, 15) is 0 Å². The van der Waals surface area contributed by atoms with Gasteiger partial charge in [0.05, 0.1) is 6.54 Å². The van der Waals surface area contributed by atoms with Crippen molar-refractivity contribution in [2.45, 2.75) is 33.7 Å². The molecule has 2 heterocycles. The summed E-state index contributed by atoms with van der Waals surface area (Å²) in [5.74, 6) is 3.57. The van der Waals surface area contributed by atoms with Crippen LogP contribution in [-0.4, -0.2) is 41.1 Å². The summed E-state index contributed by atoms with van der Waals surface area (Å²) in [6.45, 7) is 9.01. The number of piperidine rings is 1. The highest BCUT2D eigenvalue weighted by Crippen LogP contribution is 2.20. The maximum absolute atomic E-state index is 5.09. The molecule has 0 radical (unpaired) electrons. The minimum absolute atomic E-state index is 0. The number of hydrogen-bond donors (Lipinski definition) is 1. The second-order valence-corrected chi connectivity index (χ2v) is 5.49. The van der Waals surface area contributed by atoms with Crippen molar-refractivity contribution >= 4 is 29.9 Å². The van der Waals surface area contributed by atoms with Gasteiger partial charge in [-0.15, -0.1) is 24.0 Å². The van der Waals surface area contributed by atoms with Crippen LogP contribution in [0.25, 0.3) is 0 Å². The van der Waals surface area contributed by atoms with Gasteiger partial charge in [-0.2, -0.15) is 4.98 Å². The Bertz CT molecular complexity index is 438.